The first-order valence-corrected chi connectivity index (χ1v) is 6.25. The second-order valence-electron chi connectivity index (χ2n) is 4.93. The van der Waals surface area contributed by atoms with E-state index >= 15 is 0 Å². The van der Waals surface area contributed by atoms with Gasteiger partial charge in [-0.3, -0.25) is 9.59 Å². The average Bonchev–Trinajstić information content (AvgIpc) is 2.78. The Hall–Kier alpha value is -1.10. The van der Waals surface area contributed by atoms with E-state index in [-0.39, 0.29) is 17.7 Å². The highest BCUT2D eigenvalue weighted by atomic mass is 16.5. The number of rotatable bonds is 3. The maximum absolute atomic E-state index is 12.2. The summed E-state index contributed by atoms with van der Waals surface area (Å²) < 4.78 is 5.12. The van der Waals surface area contributed by atoms with Gasteiger partial charge in [0.05, 0.1) is 12.5 Å². The Morgan fingerprint density at radius 3 is 3.00 bits per heavy atom. The third kappa shape index (κ3) is 2.97. The van der Waals surface area contributed by atoms with Crippen molar-refractivity contribution in [2.45, 2.75) is 19.3 Å². The minimum absolute atomic E-state index is 0.0194. The Balaban J connectivity index is 1.82. The summed E-state index contributed by atoms with van der Waals surface area (Å²) in [4.78, 5) is 25.2. The van der Waals surface area contributed by atoms with E-state index in [1.165, 1.54) is 0 Å². The normalized spacial score (nSPS) is 29.2. The molecule has 0 aliphatic carbocycles. The molecule has 2 unspecified atom stereocenters. The fourth-order valence-corrected chi connectivity index (χ4v) is 2.61. The van der Waals surface area contributed by atoms with Crippen LogP contribution in [0.1, 0.15) is 19.3 Å². The van der Waals surface area contributed by atoms with Crippen LogP contribution in [0.5, 0.6) is 0 Å². The third-order valence-electron chi connectivity index (χ3n) is 3.61. The molecule has 2 heterocycles. The summed E-state index contributed by atoms with van der Waals surface area (Å²) in [7, 11) is 1.70. The molecule has 5 nitrogen and oxygen atoms in total. The van der Waals surface area contributed by atoms with Gasteiger partial charge in [0.1, 0.15) is 0 Å². The molecule has 2 atom stereocenters. The van der Waals surface area contributed by atoms with Crippen molar-refractivity contribution in [2.24, 2.45) is 11.8 Å². The summed E-state index contributed by atoms with van der Waals surface area (Å²) in [6, 6.07) is 0. The molecule has 0 aromatic carbocycles. The van der Waals surface area contributed by atoms with Crippen LogP contribution in [-0.2, 0) is 14.3 Å². The Morgan fingerprint density at radius 2 is 2.35 bits per heavy atom. The van der Waals surface area contributed by atoms with Crippen LogP contribution >= 0.6 is 0 Å². The quantitative estimate of drug-likeness (QED) is 0.756. The summed E-state index contributed by atoms with van der Waals surface area (Å²) >= 11 is 0. The van der Waals surface area contributed by atoms with Crippen LogP contribution in [0, 0.1) is 11.8 Å². The fourth-order valence-electron chi connectivity index (χ4n) is 2.61. The van der Waals surface area contributed by atoms with Crippen molar-refractivity contribution in [3.05, 3.63) is 0 Å². The molecule has 0 radical (unpaired) electrons. The van der Waals surface area contributed by atoms with Gasteiger partial charge in [-0.25, -0.2) is 0 Å². The number of carbonyl (C=O) groups excluding carboxylic acids is 2. The summed E-state index contributed by atoms with van der Waals surface area (Å²) in [5, 5.41) is 2.76. The SMILES string of the molecule is COCC1CCN(C(=O)C2CCC(=O)NC2)C1. The summed E-state index contributed by atoms with van der Waals surface area (Å²) in [6.45, 7) is 2.86. The van der Waals surface area contributed by atoms with Gasteiger partial charge in [0, 0.05) is 39.1 Å². The van der Waals surface area contributed by atoms with E-state index in [9.17, 15) is 9.59 Å². The maximum Gasteiger partial charge on any atom is 0.227 e. The van der Waals surface area contributed by atoms with Gasteiger partial charge in [0.2, 0.25) is 11.8 Å². The van der Waals surface area contributed by atoms with Crippen LogP contribution in [0.4, 0.5) is 0 Å². The van der Waals surface area contributed by atoms with Crippen molar-refractivity contribution in [2.75, 3.05) is 33.4 Å². The first kappa shape index (κ1) is 12.4. The Morgan fingerprint density at radius 1 is 1.53 bits per heavy atom. The van der Waals surface area contributed by atoms with Crippen LogP contribution in [-0.4, -0.2) is 50.1 Å². The molecular weight excluding hydrogens is 220 g/mol. The molecule has 0 bridgehead atoms. The molecule has 1 N–H and O–H groups in total. The van der Waals surface area contributed by atoms with E-state index in [1.807, 2.05) is 4.90 Å². The molecular formula is C12H20N2O3. The minimum atomic E-state index is -0.0194. The van der Waals surface area contributed by atoms with Crippen molar-refractivity contribution in [1.29, 1.82) is 0 Å². The molecule has 0 saturated carbocycles. The summed E-state index contributed by atoms with van der Waals surface area (Å²) in [5.41, 5.74) is 0. The zero-order valence-electron chi connectivity index (χ0n) is 10.3. The molecule has 0 aromatic rings. The van der Waals surface area contributed by atoms with Crippen molar-refractivity contribution in [1.82, 2.24) is 10.2 Å². The number of likely N-dealkylation sites (tertiary alicyclic amines) is 1. The topological polar surface area (TPSA) is 58.6 Å². The first-order valence-electron chi connectivity index (χ1n) is 6.25. The van der Waals surface area contributed by atoms with E-state index in [1.54, 1.807) is 7.11 Å². The molecule has 96 valence electrons. The van der Waals surface area contributed by atoms with Crippen LogP contribution in [0.25, 0.3) is 0 Å². The molecule has 2 amide bonds. The molecule has 5 heteroatoms. The lowest BCUT2D eigenvalue weighted by Gasteiger charge is -2.26. The van der Waals surface area contributed by atoms with Gasteiger partial charge >= 0.3 is 0 Å². The van der Waals surface area contributed by atoms with Gasteiger partial charge in [-0.1, -0.05) is 0 Å². The number of hydrogen-bond donors (Lipinski definition) is 1. The summed E-state index contributed by atoms with van der Waals surface area (Å²) in [6.07, 6.45) is 2.19. The monoisotopic (exact) mass is 240 g/mol. The second-order valence-corrected chi connectivity index (χ2v) is 4.93. The van der Waals surface area contributed by atoms with Crippen LogP contribution in [0.15, 0.2) is 0 Å². The van der Waals surface area contributed by atoms with Crippen molar-refractivity contribution in [3.8, 4) is 0 Å². The summed E-state index contributed by atoms with van der Waals surface area (Å²) in [5.74, 6) is 0.715. The number of carbonyl (C=O) groups is 2. The van der Waals surface area contributed by atoms with Gasteiger partial charge in [0.25, 0.3) is 0 Å². The predicted octanol–water partition coefficient (Wildman–Crippen LogP) is 0.00750. The highest BCUT2D eigenvalue weighted by Crippen LogP contribution is 2.21. The fraction of sp³-hybridized carbons (Fsp3) is 0.833. The van der Waals surface area contributed by atoms with E-state index < -0.39 is 0 Å². The molecule has 0 spiro atoms. The second kappa shape index (κ2) is 5.49. The van der Waals surface area contributed by atoms with Gasteiger partial charge < -0.3 is 15.0 Å². The smallest absolute Gasteiger partial charge is 0.227 e. The number of hydrogen-bond acceptors (Lipinski definition) is 3. The number of nitrogens with zero attached hydrogens (tertiary/aromatic N) is 1. The predicted molar refractivity (Wildman–Crippen MR) is 62.3 cm³/mol. The average molecular weight is 240 g/mol. The lowest BCUT2D eigenvalue weighted by molar-refractivity contribution is -0.136. The Bertz CT molecular complexity index is 296. The van der Waals surface area contributed by atoms with Crippen LogP contribution < -0.4 is 5.32 Å². The van der Waals surface area contributed by atoms with E-state index in [0.29, 0.717) is 25.3 Å². The van der Waals surface area contributed by atoms with Gasteiger partial charge in [0.15, 0.2) is 0 Å². The molecule has 2 aliphatic rings. The third-order valence-corrected chi connectivity index (χ3v) is 3.61. The van der Waals surface area contributed by atoms with Gasteiger partial charge in [-0.2, -0.15) is 0 Å². The lowest BCUT2D eigenvalue weighted by Crippen LogP contribution is -2.44. The lowest BCUT2D eigenvalue weighted by atomic mass is 9.98. The zero-order valence-corrected chi connectivity index (χ0v) is 10.3. The molecule has 0 aromatic heterocycles. The molecule has 2 aliphatic heterocycles. The Labute approximate surface area is 101 Å². The van der Waals surface area contributed by atoms with E-state index in [0.717, 1.165) is 26.1 Å². The number of piperidine rings is 1. The highest BCUT2D eigenvalue weighted by Gasteiger charge is 2.32. The van der Waals surface area contributed by atoms with Gasteiger partial charge in [-0.05, 0) is 12.8 Å². The zero-order chi connectivity index (χ0) is 12.3. The van der Waals surface area contributed by atoms with Crippen LogP contribution in [0.2, 0.25) is 0 Å². The molecule has 2 saturated heterocycles. The number of nitrogens with one attached hydrogen (secondary N) is 1. The van der Waals surface area contributed by atoms with Crippen molar-refractivity contribution < 1.29 is 14.3 Å². The van der Waals surface area contributed by atoms with Crippen molar-refractivity contribution >= 4 is 11.8 Å². The maximum atomic E-state index is 12.2. The molecule has 2 fully saturated rings. The number of amides is 2. The molecule has 17 heavy (non-hydrogen) atoms. The van der Waals surface area contributed by atoms with E-state index in [4.69, 9.17) is 4.74 Å². The largest absolute Gasteiger partial charge is 0.384 e. The number of methoxy groups -OCH3 is 1. The highest BCUT2D eigenvalue weighted by molar-refractivity contribution is 5.83. The first-order chi connectivity index (χ1) is 8.20. The molecule has 2 rings (SSSR count). The standard InChI is InChI=1S/C12H20N2O3/c1-17-8-9-4-5-14(7-9)12(16)10-2-3-11(15)13-6-10/h9-10H,2-8H2,1H3,(H,13,15). The van der Waals surface area contributed by atoms with Crippen molar-refractivity contribution in [3.63, 3.8) is 0 Å². The van der Waals surface area contributed by atoms with Gasteiger partial charge in [-0.15, -0.1) is 0 Å². The van der Waals surface area contributed by atoms with E-state index in [2.05, 4.69) is 5.32 Å². The minimum Gasteiger partial charge on any atom is -0.384 e. The Kier molecular flexibility index (Phi) is 3.99. The van der Waals surface area contributed by atoms with Crippen LogP contribution in [0.3, 0.4) is 0 Å². The number of ether oxygens (including phenoxy) is 1.